The molecule has 1 aliphatic carbocycles. The van der Waals surface area contributed by atoms with Gasteiger partial charge in [0.2, 0.25) is 0 Å². The SMILES string of the molecule is CC1(C)C(NCCOc2ccccc2C(=O)O)C1(C)C. The standard InChI is InChI=1S/C16H23NO3/c1-15(2)14(16(15,3)4)17-9-10-20-12-8-6-5-7-11(12)13(18)19/h5-8,14,17H,9-10H2,1-4H3,(H,18,19). The molecular weight excluding hydrogens is 254 g/mol. The van der Waals surface area contributed by atoms with Gasteiger partial charge in [-0.15, -0.1) is 0 Å². The van der Waals surface area contributed by atoms with E-state index in [9.17, 15) is 4.79 Å². The smallest absolute Gasteiger partial charge is 0.339 e. The van der Waals surface area contributed by atoms with E-state index in [-0.39, 0.29) is 5.56 Å². The molecule has 1 aromatic rings. The zero-order valence-electron chi connectivity index (χ0n) is 12.6. The maximum absolute atomic E-state index is 11.0. The molecule has 2 rings (SSSR count). The van der Waals surface area contributed by atoms with Crippen molar-refractivity contribution in [2.24, 2.45) is 10.8 Å². The predicted octanol–water partition coefficient (Wildman–Crippen LogP) is 2.79. The lowest BCUT2D eigenvalue weighted by Gasteiger charge is -2.10. The van der Waals surface area contributed by atoms with Gasteiger partial charge in [-0.05, 0) is 23.0 Å². The average Bonchev–Trinajstić information content (AvgIpc) is 2.76. The van der Waals surface area contributed by atoms with Crippen LogP contribution in [-0.4, -0.2) is 30.3 Å². The zero-order valence-corrected chi connectivity index (χ0v) is 12.6. The lowest BCUT2D eigenvalue weighted by molar-refractivity contribution is 0.0692. The Balaban J connectivity index is 1.82. The number of carbonyl (C=O) groups is 1. The Morgan fingerprint density at radius 3 is 2.40 bits per heavy atom. The summed E-state index contributed by atoms with van der Waals surface area (Å²) in [6, 6.07) is 7.20. The summed E-state index contributed by atoms with van der Waals surface area (Å²) in [4.78, 5) is 11.0. The van der Waals surface area contributed by atoms with Crippen LogP contribution in [0.3, 0.4) is 0 Å². The number of carboxylic acids is 1. The van der Waals surface area contributed by atoms with Gasteiger partial charge in [0.25, 0.3) is 0 Å². The largest absolute Gasteiger partial charge is 0.491 e. The number of hydrogen-bond acceptors (Lipinski definition) is 3. The first-order valence-electron chi connectivity index (χ1n) is 6.97. The van der Waals surface area contributed by atoms with E-state index in [1.54, 1.807) is 24.3 Å². The van der Waals surface area contributed by atoms with Crippen molar-refractivity contribution in [3.05, 3.63) is 29.8 Å². The van der Waals surface area contributed by atoms with E-state index < -0.39 is 5.97 Å². The first kappa shape index (κ1) is 14.9. The summed E-state index contributed by atoms with van der Waals surface area (Å²) in [5, 5.41) is 12.5. The normalized spacial score (nSPS) is 19.6. The number of nitrogens with one attached hydrogen (secondary N) is 1. The van der Waals surface area contributed by atoms with Gasteiger partial charge in [0.15, 0.2) is 0 Å². The molecule has 1 aliphatic rings. The molecule has 4 nitrogen and oxygen atoms in total. The lowest BCUT2D eigenvalue weighted by Crippen LogP contribution is -2.27. The Morgan fingerprint density at radius 2 is 1.85 bits per heavy atom. The lowest BCUT2D eigenvalue weighted by atomic mass is 10.0. The fraction of sp³-hybridized carbons (Fsp3) is 0.562. The molecule has 20 heavy (non-hydrogen) atoms. The van der Waals surface area contributed by atoms with Crippen molar-refractivity contribution in [1.82, 2.24) is 5.32 Å². The number of rotatable bonds is 6. The van der Waals surface area contributed by atoms with E-state index in [2.05, 4.69) is 33.0 Å². The molecular formula is C16H23NO3. The van der Waals surface area contributed by atoms with Crippen LogP contribution >= 0.6 is 0 Å². The zero-order chi connectivity index (χ0) is 15.0. The number of para-hydroxylation sites is 1. The number of hydrogen-bond donors (Lipinski definition) is 2. The third kappa shape index (κ3) is 2.52. The summed E-state index contributed by atoms with van der Waals surface area (Å²) >= 11 is 0. The van der Waals surface area contributed by atoms with E-state index in [1.165, 1.54) is 0 Å². The van der Waals surface area contributed by atoms with Crippen LogP contribution in [0.4, 0.5) is 0 Å². The molecule has 2 N–H and O–H groups in total. The highest BCUT2D eigenvalue weighted by atomic mass is 16.5. The van der Waals surface area contributed by atoms with E-state index in [1.807, 2.05) is 0 Å². The molecule has 0 radical (unpaired) electrons. The first-order chi connectivity index (χ1) is 9.28. The highest BCUT2D eigenvalue weighted by Crippen LogP contribution is 2.62. The molecule has 0 amide bonds. The van der Waals surface area contributed by atoms with Crippen LogP contribution < -0.4 is 10.1 Å². The van der Waals surface area contributed by atoms with Crippen molar-refractivity contribution in [2.75, 3.05) is 13.2 Å². The first-order valence-corrected chi connectivity index (χ1v) is 6.97. The van der Waals surface area contributed by atoms with E-state index in [4.69, 9.17) is 9.84 Å². The molecule has 110 valence electrons. The molecule has 4 heteroatoms. The maximum atomic E-state index is 11.0. The van der Waals surface area contributed by atoms with Gasteiger partial charge in [-0.25, -0.2) is 4.79 Å². The third-order valence-electron chi connectivity index (χ3n) is 4.85. The van der Waals surface area contributed by atoms with Crippen LogP contribution in [-0.2, 0) is 0 Å². The second-order valence-electron chi connectivity index (χ2n) is 6.48. The van der Waals surface area contributed by atoms with Gasteiger partial charge in [0.05, 0.1) is 0 Å². The minimum absolute atomic E-state index is 0.208. The summed E-state index contributed by atoms with van der Waals surface area (Å²) in [6.45, 7) is 10.2. The molecule has 0 aliphatic heterocycles. The van der Waals surface area contributed by atoms with Gasteiger partial charge in [-0.2, -0.15) is 0 Å². The highest BCUT2D eigenvalue weighted by Gasteiger charge is 2.64. The minimum atomic E-state index is -0.960. The molecule has 0 spiro atoms. The molecule has 0 aromatic heterocycles. The number of carboxylic acid groups (broad SMARTS) is 1. The van der Waals surface area contributed by atoms with E-state index >= 15 is 0 Å². The Hall–Kier alpha value is -1.55. The van der Waals surface area contributed by atoms with Crippen LogP contribution in [0.25, 0.3) is 0 Å². The number of benzene rings is 1. The molecule has 0 atom stereocenters. The highest BCUT2D eigenvalue weighted by molar-refractivity contribution is 5.90. The van der Waals surface area contributed by atoms with Crippen LogP contribution in [0.5, 0.6) is 5.75 Å². The van der Waals surface area contributed by atoms with Crippen molar-refractivity contribution >= 4 is 5.97 Å². The fourth-order valence-electron chi connectivity index (χ4n) is 2.84. The average molecular weight is 277 g/mol. The van der Waals surface area contributed by atoms with Gasteiger partial charge in [0.1, 0.15) is 17.9 Å². The van der Waals surface area contributed by atoms with Gasteiger partial charge in [-0.1, -0.05) is 39.8 Å². The summed E-state index contributed by atoms with van der Waals surface area (Å²) in [7, 11) is 0. The van der Waals surface area contributed by atoms with Crippen molar-refractivity contribution in [1.29, 1.82) is 0 Å². The summed E-state index contributed by atoms with van der Waals surface area (Å²) in [5.74, 6) is -0.533. The monoisotopic (exact) mass is 277 g/mol. The molecule has 1 aromatic carbocycles. The second kappa shape index (κ2) is 5.09. The number of aromatic carboxylic acids is 1. The van der Waals surface area contributed by atoms with Crippen molar-refractivity contribution < 1.29 is 14.6 Å². The Kier molecular flexibility index (Phi) is 3.78. The molecule has 1 saturated carbocycles. The summed E-state index contributed by atoms with van der Waals surface area (Å²) in [5.41, 5.74) is 0.803. The third-order valence-corrected chi connectivity index (χ3v) is 4.85. The second-order valence-corrected chi connectivity index (χ2v) is 6.48. The molecule has 1 fully saturated rings. The van der Waals surface area contributed by atoms with Crippen LogP contribution in [0.2, 0.25) is 0 Å². The summed E-state index contributed by atoms with van der Waals surface area (Å²) < 4.78 is 5.57. The van der Waals surface area contributed by atoms with Gasteiger partial charge < -0.3 is 15.2 Å². The van der Waals surface area contributed by atoms with Gasteiger partial charge in [0, 0.05) is 12.6 Å². The molecule has 0 heterocycles. The molecule has 0 saturated heterocycles. The van der Waals surface area contributed by atoms with E-state index in [0.717, 1.165) is 0 Å². The Labute approximate surface area is 120 Å². The van der Waals surface area contributed by atoms with Gasteiger partial charge in [-0.3, -0.25) is 0 Å². The van der Waals surface area contributed by atoms with Gasteiger partial charge >= 0.3 is 5.97 Å². The molecule has 0 bridgehead atoms. The maximum Gasteiger partial charge on any atom is 0.339 e. The Morgan fingerprint density at radius 1 is 1.25 bits per heavy atom. The number of ether oxygens (including phenoxy) is 1. The van der Waals surface area contributed by atoms with Crippen molar-refractivity contribution in [2.45, 2.75) is 33.7 Å². The van der Waals surface area contributed by atoms with Crippen LogP contribution in [0.1, 0.15) is 38.1 Å². The topological polar surface area (TPSA) is 58.6 Å². The minimum Gasteiger partial charge on any atom is -0.491 e. The van der Waals surface area contributed by atoms with Crippen LogP contribution in [0.15, 0.2) is 24.3 Å². The van der Waals surface area contributed by atoms with E-state index in [0.29, 0.717) is 35.8 Å². The predicted molar refractivity (Wildman–Crippen MR) is 78.2 cm³/mol. The summed E-state index contributed by atoms with van der Waals surface area (Å²) in [6.07, 6.45) is 0. The van der Waals surface area contributed by atoms with Crippen LogP contribution in [0, 0.1) is 10.8 Å². The van der Waals surface area contributed by atoms with Crippen molar-refractivity contribution in [3.63, 3.8) is 0 Å². The fourth-order valence-corrected chi connectivity index (χ4v) is 2.84. The quantitative estimate of drug-likeness (QED) is 0.785. The molecule has 0 unspecified atom stereocenters. The Bertz CT molecular complexity index is 494. The van der Waals surface area contributed by atoms with Crippen molar-refractivity contribution in [3.8, 4) is 5.75 Å².